The van der Waals surface area contributed by atoms with Gasteiger partial charge in [-0.2, -0.15) is 0 Å². The minimum absolute atomic E-state index is 0.0500. The van der Waals surface area contributed by atoms with Crippen molar-refractivity contribution in [2.24, 2.45) is 5.92 Å². The second-order valence-corrected chi connectivity index (χ2v) is 4.40. The van der Waals surface area contributed by atoms with Crippen LogP contribution in [0, 0.1) is 5.92 Å². The predicted octanol–water partition coefficient (Wildman–Crippen LogP) is 1.13. The van der Waals surface area contributed by atoms with Gasteiger partial charge in [-0.05, 0) is 12.8 Å². The third-order valence-electron chi connectivity index (χ3n) is 2.92. The minimum atomic E-state index is -0.875. The van der Waals surface area contributed by atoms with Crippen LogP contribution in [0.15, 0.2) is 0 Å². The summed E-state index contributed by atoms with van der Waals surface area (Å²) in [6.07, 6.45) is 3.10. The monoisotopic (exact) mass is 243 g/mol. The maximum atomic E-state index is 11.5. The van der Waals surface area contributed by atoms with E-state index in [-0.39, 0.29) is 12.3 Å². The topological polar surface area (TPSA) is 66.8 Å². The molecule has 17 heavy (non-hydrogen) atoms. The van der Waals surface area contributed by atoms with E-state index in [1.807, 2.05) is 0 Å². The van der Waals surface area contributed by atoms with Crippen LogP contribution >= 0.6 is 0 Å². The Morgan fingerprint density at radius 3 is 2.76 bits per heavy atom. The number of carbonyl (C=O) groups is 2. The minimum Gasteiger partial charge on any atom is -0.481 e. The van der Waals surface area contributed by atoms with Crippen LogP contribution in [-0.4, -0.2) is 48.2 Å². The molecule has 1 aliphatic heterocycles. The lowest BCUT2D eigenvalue weighted by Gasteiger charge is -2.15. The summed E-state index contributed by atoms with van der Waals surface area (Å²) in [4.78, 5) is 23.8. The number of ether oxygens (including phenoxy) is 1. The smallest absolute Gasteiger partial charge is 0.308 e. The van der Waals surface area contributed by atoms with E-state index in [0.29, 0.717) is 19.7 Å². The molecule has 1 rings (SSSR count). The van der Waals surface area contributed by atoms with Crippen molar-refractivity contribution in [2.45, 2.75) is 32.6 Å². The lowest BCUT2D eigenvalue weighted by Crippen LogP contribution is -2.28. The predicted molar refractivity (Wildman–Crippen MR) is 62.7 cm³/mol. The first kappa shape index (κ1) is 14.0. The Balaban J connectivity index is 2.11. The summed E-state index contributed by atoms with van der Waals surface area (Å²) >= 11 is 0. The average Bonchev–Trinajstić information content (AvgIpc) is 2.65. The molecule has 1 fully saturated rings. The molecule has 1 saturated heterocycles. The average molecular weight is 243 g/mol. The van der Waals surface area contributed by atoms with Gasteiger partial charge in [0.25, 0.3) is 0 Å². The number of amides is 1. The van der Waals surface area contributed by atoms with Crippen LogP contribution in [0.1, 0.15) is 32.6 Å². The number of carboxylic acids is 1. The normalized spacial score (nSPS) is 19.9. The fraction of sp³-hybridized carbons (Fsp3) is 0.833. The van der Waals surface area contributed by atoms with Crippen LogP contribution in [0.4, 0.5) is 0 Å². The molecule has 0 spiro atoms. The summed E-state index contributed by atoms with van der Waals surface area (Å²) in [5.41, 5.74) is 0. The van der Waals surface area contributed by atoms with Crippen molar-refractivity contribution >= 4 is 11.9 Å². The summed E-state index contributed by atoms with van der Waals surface area (Å²) in [5, 5.41) is 8.81. The van der Waals surface area contributed by atoms with E-state index in [2.05, 4.69) is 6.92 Å². The van der Waals surface area contributed by atoms with Crippen LogP contribution in [0.2, 0.25) is 0 Å². The fourth-order valence-electron chi connectivity index (χ4n) is 1.86. The van der Waals surface area contributed by atoms with Crippen molar-refractivity contribution < 1.29 is 19.4 Å². The van der Waals surface area contributed by atoms with Crippen molar-refractivity contribution in [3.05, 3.63) is 0 Å². The van der Waals surface area contributed by atoms with E-state index in [0.717, 1.165) is 25.9 Å². The van der Waals surface area contributed by atoms with Gasteiger partial charge in [-0.25, -0.2) is 0 Å². The highest BCUT2D eigenvalue weighted by Crippen LogP contribution is 2.17. The summed E-state index contributed by atoms with van der Waals surface area (Å²) in [7, 11) is 0. The first-order valence-electron chi connectivity index (χ1n) is 6.23. The number of hydrogen-bond acceptors (Lipinski definition) is 3. The molecule has 0 radical (unpaired) electrons. The molecule has 1 N–H and O–H groups in total. The highest BCUT2D eigenvalue weighted by molar-refractivity contribution is 5.86. The van der Waals surface area contributed by atoms with Gasteiger partial charge in [-0.1, -0.05) is 13.3 Å². The molecule has 0 aliphatic carbocycles. The first-order chi connectivity index (χ1) is 8.15. The molecule has 0 unspecified atom stereocenters. The molecule has 1 heterocycles. The Kier molecular flexibility index (Phi) is 5.97. The molecule has 5 heteroatoms. The number of unbranched alkanes of at least 4 members (excludes halogenated alkanes) is 1. The molecular formula is C12H21NO4. The van der Waals surface area contributed by atoms with Gasteiger partial charge >= 0.3 is 5.97 Å². The number of carboxylic acid groups (broad SMARTS) is 1. The SMILES string of the molecule is CCCCOCCCN1C[C@H](C(=O)O)CC1=O. The number of likely N-dealkylation sites (tertiary alicyclic amines) is 1. The van der Waals surface area contributed by atoms with E-state index < -0.39 is 11.9 Å². The summed E-state index contributed by atoms with van der Waals surface area (Å²) < 4.78 is 5.39. The van der Waals surface area contributed by atoms with Crippen molar-refractivity contribution in [1.29, 1.82) is 0 Å². The second-order valence-electron chi connectivity index (χ2n) is 4.40. The number of aliphatic carboxylic acids is 1. The maximum Gasteiger partial charge on any atom is 0.308 e. The van der Waals surface area contributed by atoms with E-state index in [9.17, 15) is 9.59 Å². The number of rotatable bonds is 8. The Hall–Kier alpha value is -1.10. The number of hydrogen-bond donors (Lipinski definition) is 1. The van der Waals surface area contributed by atoms with Gasteiger partial charge in [0.05, 0.1) is 5.92 Å². The second kappa shape index (κ2) is 7.27. The van der Waals surface area contributed by atoms with Gasteiger partial charge in [0, 0.05) is 32.7 Å². The standard InChI is InChI=1S/C12H21NO4/c1-2-3-6-17-7-4-5-13-9-10(12(15)16)8-11(13)14/h10H,2-9H2,1H3,(H,15,16)/t10-/m1/s1. The Morgan fingerprint density at radius 2 is 2.18 bits per heavy atom. The third-order valence-corrected chi connectivity index (χ3v) is 2.92. The van der Waals surface area contributed by atoms with Crippen molar-refractivity contribution in [3.63, 3.8) is 0 Å². The molecule has 98 valence electrons. The highest BCUT2D eigenvalue weighted by Gasteiger charge is 2.33. The summed E-state index contributed by atoms with van der Waals surface area (Å²) in [6, 6.07) is 0. The lowest BCUT2D eigenvalue weighted by atomic mass is 10.1. The van der Waals surface area contributed by atoms with Gasteiger partial charge < -0.3 is 14.7 Å². The van der Waals surface area contributed by atoms with Crippen LogP contribution in [0.25, 0.3) is 0 Å². The van der Waals surface area contributed by atoms with Gasteiger partial charge in [0.15, 0.2) is 0 Å². The maximum absolute atomic E-state index is 11.5. The first-order valence-corrected chi connectivity index (χ1v) is 6.23. The van der Waals surface area contributed by atoms with Gasteiger partial charge in [-0.3, -0.25) is 9.59 Å². The van der Waals surface area contributed by atoms with Crippen LogP contribution in [0.5, 0.6) is 0 Å². The van der Waals surface area contributed by atoms with E-state index in [1.165, 1.54) is 0 Å². The lowest BCUT2D eigenvalue weighted by molar-refractivity contribution is -0.141. The fourth-order valence-corrected chi connectivity index (χ4v) is 1.86. The van der Waals surface area contributed by atoms with E-state index in [4.69, 9.17) is 9.84 Å². The molecule has 1 amide bonds. The summed E-state index contributed by atoms with van der Waals surface area (Å²) in [6.45, 7) is 4.47. The molecule has 0 saturated carbocycles. The van der Waals surface area contributed by atoms with Crippen LogP contribution in [0.3, 0.4) is 0 Å². The largest absolute Gasteiger partial charge is 0.481 e. The van der Waals surface area contributed by atoms with Crippen molar-refractivity contribution in [2.75, 3.05) is 26.3 Å². The number of nitrogens with zero attached hydrogens (tertiary/aromatic N) is 1. The van der Waals surface area contributed by atoms with E-state index >= 15 is 0 Å². The Morgan fingerprint density at radius 1 is 1.47 bits per heavy atom. The van der Waals surface area contributed by atoms with Gasteiger partial charge in [0.1, 0.15) is 0 Å². The molecule has 1 aliphatic rings. The third kappa shape index (κ3) is 4.73. The molecule has 5 nitrogen and oxygen atoms in total. The summed E-state index contributed by atoms with van der Waals surface area (Å²) in [5.74, 6) is -1.45. The molecule has 0 bridgehead atoms. The van der Waals surface area contributed by atoms with Crippen molar-refractivity contribution in [1.82, 2.24) is 4.90 Å². The zero-order chi connectivity index (χ0) is 12.7. The molecule has 0 aromatic carbocycles. The van der Waals surface area contributed by atoms with E-state index in [1.54, 1.807) is 4.90 Å². The number of carbonyl (C=O) groups excluding carboxylic acids is 1. The molecule has 0 aromatic heterocycles. The molecular weight excluding hydrogens is 222 g/mol. The van der Waals surface area contributed by atoms with Gasteiger partial charge in [0.2, 0.25) is 5.91 Å². The van der Waals surface area contributed by atoms with Crippen molar-refractivity contribution in [3.8, 4) is 0 Å². The zero-order valence-electron chi connectivity index (χ0n) is 10.4. The molecule has 1 atom stereocenters. The van der Waals surface area contributed by atoms with Crippen LogP contribution < -0.4 is 0 Å². The zero-order valence-corrected chi connectivity index (χ0v) is 10.4. The van der Waals surface area contributed by atoms with Gasteiger partial charge in [-0.15, -0.1) is 0 Å². The quantitative estimate of drug-likeness (QED) is 0.649. The molecule has 0 aromatic rings. The highest BCUT2D eigenvalue weighted by atomic mass is 16.5. The Labute approximate surface area is 102 Å². The van der Waals surface area contributed by atoms with Crippen LogP contribution in [-0.2, 0) is 14.3 Å². The Bertz CT molecular complexity index is 267.